The highest BCUT2D eigenvalue weighted by atomic mass is 33.1. The molecule has 0 saturated carbocycles. The molecule has 3 rings (SSSR count). The van der Waals surface area contributed by atoms with E-state index in [4.69, 9.17) is 4.74 Å². The number of ether oxygens (including phenoxy) is 1. The van der Waals surface area contributed by atoms with Crippen LogP contribution in [0.25, 0.3) is 18.2 Å². The van der Waals surface area contributed by atoms with Crippen LogP contribution in [0.5, 0.6) is 5.75 Å². The zero-order chi connectivity index (χ0) is 36.4. The molecule has 0 aliphatic carbocycles. The average Bonchev–Trinajstić information content (AvgIpc) is 3.14. The SMILES string of the molecule is C=C(CCC[n+]1ccc(/C=C/c2ccc(OCC)cc2)cc1)NCCSSCCNC(=O)CCC/N=C/C=C(\C=C/C)/C=C/c1ccc(C)cc1. The summed E-state index contributed by atoms with van der Waals surface area (Å²) in [5.74, 6) is 2.86. The van der Waals surface area contributed by atoms with Crippen molar-refractivity contribution in [2.24, 2.45) is 4.99 Å². The Morgan fingerprint density at radius 2 is 1.49 bits per heavy atom. The Labute approximate surface area is 314 Å². The maximum Gasteiger partial charge on any atom is 0.220 e. The maximum atomic E-state index is 12.2. The highest BCUT2D eigenvalue weighted by molar-refractivity contribution is 8.76. The van der Waals surface area contributed by atoms with E-state index in [2.05, 4.69) is 125 Å². The molecule has 0 fully saturated rings. The number of allylic oxidation sites excluding steroid dienone is 6. The van der Waals surface area contributed by atoms with Gasteiger partial charge in [0.15, 0.2) is 12.4 Å². The number of carbonyl (C=O) groups is 1. The van der Waals surface area contributed by atoms with Gasteiger partial charge in [0.1, 0.15) is 12.3 Å². The lowest BCUT2D eigenvalue weighted by molar-refractivity contribution is -0.697. The van der Waals surface area contributed by atoms with Crippen molar-refractivity contribution in [2.45, 2.75) is 53.0 Å². The Balaban J connectivity index is 1.15. The Hall–Kier alpha value is -4.27. The van der Waals surface area contributed by atoms with Crippen molar-refractivity contribution in [3.05, 3.63) is 137 Å². The molecule has 0 unspecified atom stereocenters. The molecule has 0 bridgehead atoms. The normalized spacial score (nSPS) is 12.0. The van der Waals surface area contributed by atoms with Gasteiger partial charge in [0.05, 0.1) is 6.61 Å². The van der Waals surface area contributed by atoms with E-state index in [0.29, 0.717) is 26.1 Å². The minimum Gasteiger partial charge on any atom is -0.494 e. The molecule has 1 aromatic heterocycles. The lowest BCUT2D eigenvalue weighted by Crippen LogP contribution is -2.32. The van der Waals surface area contributed by atoms with E-state index < -0.39 is 0 Å². The summed E-state index contributed by atoms with van der Waals surface area (Å²) in [7, 11) is 3.61. The number of aliphatic imine (C=N–C) groups is 1. The number of benzene rings is 2. The van der Waals surface area contributed by atoms with Crippen LogP contribution < -0.4 is 19.9 Å². The van der Waals surface area contributed by atoms with Gasteiger partial charge in [0.2, 0.25) is 5.91 Å². The number of aryl methyl sites for hydroxylation is 2. The molecule has 1 amide bonds. The number of nitrogens with zero attached hydrogens (tertiary/aromatic N) is 2. The lowest BCUT2D eigenvalue weighted by Gasteiger charge is -2.08. The topological polar surface area (TPSA) is 66.6 Å². The number of rotatable bonds is 24. The molecule has 2 aromatic carbocycles. The fraction of sp³-hybridized carbons (Fsp3) is 0.326. The molecule has 6 nitrogen and oxygen atoms in total. The quantitative estimate of drug-likeness (QED) is 0.0317. The van der Waals surface area contributed by atoms with Gasteiger partial charge in [-0.05, 0) is 74.1 Å². The molecule has 8 heteroatoms. The minimum absolute atomic E-state index is 0.0888. The number of nitrogens with one attached hydrogen (secondary N) is 2. The Morgan fingerprint density at radius 1 is 0.843 bits per heavy atom. The maximum absolute atomic E-state index is 12.2. The molecule has 0 saturated heterocycles. The zero-order valence-corrected chi connectivity index (χ0v) is 32.2. The fourth-order valence-corrected chi connectivity index (χ4v) is 6.62. The fourth-order valence-electron chi connectivity index (χ4n) is 4.81. The lowest BCUT2D eigenvalue weighted by atomic mass is 10.1. The number of aromatic nitrogens is 1. The van der Waals surface area contributed by atoms with E-state index in [0.717, 1.165) is 66.4 Å². The summed E-state index contributed by atoms with van der Waals surface area (Å²) in [6, 6.07) is 20.9. The van der Waals surface area contributed by atoms with Crippen molar-refractivity contribution < 1.29 is 14.1 Å². The average molecular weight is 724 g/mol. The van der Waals surface area contributed by atoms with Gasteiger partial charge in [-0.25, -0.2) is 4.57 Å². The second-order valence-corrected chi connectivity index (χ2v) is 14.6. The summed E-state index contributed by atoms with van der Waals surface area (Å²) in [4.78, 5) is 16.6. The van der Waals surface area contributed by atoms with Gasteiger partial charge < -0.3 is 15.4 Å². The third-order valence-electron chi connectivity index (χ3n) is 7.59. The van der Waals surface area contributed by atoms with Crippen LogP contribution in [0.15, 0.2) is 120 Å². The molecule has 0 aliphatic rings. The molecule has 0 aliphatic heterocycles. The number of pyridine rings is 1. The van der Waals surface area contributed by atoms with Gasteiger partial charge in [-0.2, -0.15) is 0 Å². The largest absolute Gasteiger partial charge is 0.494 e. The van der Waals surface area contributed by atoms with Crippen LogP contribution in [0, 0.1) is 6.92 Å². The molecule has 3 aromatic rings. The Morgan fingerprint density at radius 3 is 2.18 bits per heavy atom. The van der Waals surface area contributed by atoms with Crippen molar-refractivity contribution in [3.8, 4) is 5.75 Å². The number of hydrogen-bond donors (Lipinski definition) is 2. The summed E-state index contributed by atoms with van der Waals surface area (Å²) in [6.07, 6.45) is 23.8. The third kappa shape index (κ3) is 19.1. The molecule has 270 valence electrons. The summed E-state index contributed by atoms with van der Waals surface area (Å²) < 4.78 is 7.73. The van der Waals surface area contributed by atoms with Crippen molar-refractivity contribution >= 4 is 51.9 Å². The molecule has 1 heterocycles. The first-order valence-corrected chi connectivity index (χ1v) is 20.3. The second kappa shape index (κ2) is 25.6. The van der Waals surface area contributed by atoms with E-state index in [1.807, 2.05) is 55.1 Å². The minimum atomic E-state index is 0.0888. The van der Waals surface area contributed by atoms with Crippen molar-refractivity contribution in [2.75, 3.05) is 37.7 Å². The number of hydrogen-bond acceptors (Lipinski definition) is 6. The molecule has 0 atom stereocenters. The molecular formula is C43H55N4O2S2+. The summed E-state index contributed by atoms with van der Waals surface area (Å²) >= 11 is 0. The molecule has 0 radical (unpaired) electrons. The van der Waals surface area contributed by atoms with Crippen LogP contribution >= 0.6 is 21.6 Å². The molecule has 0 spiro atoms. The number of carbonyl (C=O) groups excluding carboxylic acids is 1. The van der Waals surface area contributed by atoms with Crippen LogP contribution in [0.2, 0.25) is 0 Å². The molecular weight excluding hydrogens is 669 g/mol. The van der Waals surface area contributed by atoms with E-state index >= 15 is 0 Å². The standard InChI is InChI=1S/C43H54N4O2S2/c1-5-9-38(16-17-39-14-12-36(3)13-15-39)24-28-44-27-7-11-43(48)46-30-35-51-50-34-29-45-37(4)10-8-31-47-32-25-41(26-33-47)19-18-40-20-22-42(23-21-40)49-6-2/h5,9,12-26,28,32-33,45H,4,6-8,10-11,27,29-31,34-35H2,1-3H3/p+1/b9-5-,17-16+,19-18+,38-24+,44-28+. The molecule has 51 heavy (non-hydrogen) atoms. The van der Waals surface area contributed by atoms with E-state index in [1.54, 1.807) is 10.8 Å². The van der Waals surface area contributed by atoms with Crippen molar-refractivity contribution in [3.63, 3.8) is 0 Å². The predicted molar refractivity (Wildman–Crippen MR) is 223 cm³/mol. The van der Waals surface area contributed by atoms with Gasteiger partial charge in [0.25, 0.3) is 0 Å². The van der Waals surface area contributed by atoms with Crippen molar-refractivity contribution in [1.82, 2.24) is 10.6 Å². The van der Waals surface area contributed by atoms with Gasteiger partial charge in [-0.3, -0.25) is 9.79 Å². The monoisotopic (exact) mass is 723 g/mol. The summed E-state index contributed by atoms with van der Waals surface area (Å²) in [6.45, 7) is 14.1. The summed E-state index contributed by atoms with van der Waals surface area (Å²) in [5, 5.41) is 6.47. The first-order chi connectivity index (χ1) is 24.9. The first kappa shape index (κ1) is 41.2. The van der Waals surface area contributed by atoms with E-state index in [9.17, 15) is 4.79 Å². The molecule has 2 N–H and O–H groups in total. The Kier molecular flexibility index (Phi) is 20.7. The van der Waals surface area contributed by atoms with Gasteiger partial charge in [-0.1, -0.05) is 107 Å². The summed E-state index contributed by atoms with van der Waals surface area (Å²) in [5.41, 5.74) is 6.90. The van der Waals surface area contributed by atoms with Crippen LogP contribution in [0.1, 0.15) is 61.8 Å². The third-order valence-corrected chi connectivity index (χ3v) is 10.00. The van der Waals surface area contributed by atoms with Crippen LogP contribution in [-0.4, -0.2) is 49.9 Å². The highest BCUT2D eigenvalue weighted by Crippen LogP contribution is 2.19. The Bertz CT molecular complexity index is 1590. The zero-order valence-electron chi connectivity index (χ0n) is 30.6. The van der Waals surface area contributed by atoms with Crippen LogP contribution in [-0.2, 0) is 11.3 Å². The van der Waals surface area contributed by atoms with Gasteiger partial charge in [0, 0.05) is 68.0 Å². The van der Waals surface area contributed by atoms with E-state index in [-0.39, 0.29) is 5.91 Å². The first-order valence-electron chi connectivity index (χ1n) is 17.9. The second-order valence-electron chi connectivity index (χ2n) is 11.9. The van der Waals surface area contributed by atoms with Gasteiger partial charge >= 0.3 is 0 Å². The van der Waals surface area contributed by atoms with Gasteiger partial charge in [-0.15, -0.1) is 0 Å². The van der Waals surface area contributed by atoms with Crippen LogP contribution in [0.3, 0.4) is 0 Å². The van der Waals surface area contributed by atoms with E-state index in [1.165, 1.54) is 16.7 Å². The smallest absolute Gasteiger partial charge is 0.220 e. The predicted octanol–water partition coefficient (Wildman–Crippen LogP) is 9.30. The van der Waals surface area contributed by atoms with Crippen molar-refractivity contribution in [1.29, 1.82) is 0 Å². The van der Waals surface area contributed by atoms with Crippen LogP contribution in [0.4, 0.5) is 0 Å². The highest BCUT2D eigenvalue weighted by Gasteiger charge is 2.03. The number of amides is 1.